The number of halogens is 1. The number of allylic oxidation sites excluding steroid dienone is 1. The van der Waals surface area contributed by atoms with Crippen molar-refractivity contribution in [3.8, 4) is 17.2 Å². The Balaban J connectivity index is 1.58. The Morgan fingerprint density at radius 3 is 2.50 bits per heavy atom. The van der Waals surface area contributed by atoms with Crippen molar-refractivity contribution < 1.29 is 23.8 Å². The molecule has 5 nitrogen and oxygen atoms in total. The van der Waals surface area contributed by atoms with Gasteiger partial charge in [0.25, 0.3) is 0 Å². The molecule has 4 rings (SSSR count). The van der Waals surface area contributed by atoms with Crippen molar-refractivity contribution >= 4 is 29.4 Å². The lowest BCUT2D eigenvalue weighted by Crippen LogP contribution is -2.15. The molecule has 1 aliphatic rings. The number of benzene rings is 3. The van der Waals surface area contributed by atoms with Gasteiger partial charge >= 0.3 is 5.97 Å². The largest absolute Gasteiger partial charge is 0.493 e. The number of esters is 1. The summed E-state index contributed by atoms with van der Waals surface area (Å²) < 4.78 is 17.0. The molecule has 0 amide bonds. The third-order valence-electron chi connectivity index (χ3n) is 5.05. The first kappa shape index (κ1) is 21.7. The van der Waals surface area contributed by atoms with Crippen molar-refractivity contribution in [1.82, 2.24) is 0 Å². The summed E-state index contributed by atoms with van der Waals surface area (Å²) in [6.07, 6.45) is 1.66. The minimum absolute atomic E-state index is 0.179. The zero-order valence-corrected chi connectivity index (χ0v) is 18.4. The van der Waals surface area contributed by atoms with Crippen LogP contribution in [0.2, 0.25) is 0 Å². The Hall–Kier alpha value is -3.57. The van der Waals surface area contributed by atoms with Crippen LogP contribution in [0.25, 0.3) is 6.08 Å². The predicted octanol–water partition coefficient (Wildman–Crippen LogP) is 5.90. The fourth-order valence-electron chi connectivity index (χ4n) is 3.42. The molecule has 0 radical (unpaired) electrons. The maximum absolute atomic E-state index is 12.9. The number of hydrogen-bond acceptors (Lipinski definition) is 5. The highest BCUT2D eigenvalue weighted by atomic mass is 35.5. The number of ketones is 1. The Morgan fingerprint density at radius 2 is 1.75 bits per heavy atom. The number of fused-ring (bicyclic) bond motifs is 1. The van der Waals surface area contributed by atoms with E-state index in [1.165, 1.54) is 0 Å². The first-order chi connectivity index (χ1) is 15.5. The Bertz CT molecular complexity index is 1200. The van der Waals surface area contributed by atoms with Crippen LogP contribution in [0.5, 0.6) is 17.2 Å². The molecule has 6 heteroatoms. The summed E-state index contributed by atoms with van der Waals surface area (Å²) in [5, 5.41) is -0.947. The lowest BCUT2D eigenvalue weighted by molar-refractivity contribution is -0.134. The molecular formula is C26H21ClO5. The number of rotatable bonds is 6. The first-order valence-electron chi connectivity index (χ1n) is 10.2. The lowest BCUT2D eigenvalue weighted by Gasteiger charge is -2.13. The van der Waals surface area contributed by atoms with E-state index in [0.717, 1.165) is 5.56 Å². The number of hydrogen-bond donors (Lipinski definition) is 0. The van der Waals surface area contributed by atoms with E-state index >= 15 is 0 Å². The summed E-state index contributed by atoms with van der Waals surface area (Å²) >= 11 is 6.27. The minimum Gasteiger partial charge on any atom is -0.493 e. The average molecular weight is 449 g/mol. The van der Waals surface area contributed by atoms with Gasteiger partial charge in [-0.2, -0.15) is 0 Å². The molecule has 0 saturated heterocycles. The second kappa shape index (κ2) is 9.28. The van der Waals surface area contributed by atoms with Crippen LogP contribution in [-0.2, 0) is 4.79 Å². The van der Waals surface area contributed by atoms with Crippen molar-refractivity contribution in [3.05, 3.63) is 94.7 Å². The van der Waals surface area contributed by atoms with Crippen molar-refractivity contribution in [2.24, 2.45) is 0 Å². The van der Waals surface area contributed by atoms with Crippen LogP contribution in [0.4, 0.5) is 0 Å². The fourth-order valence-corrected chi connectivity index (χ4v) is 3.61. The number of carbonyl (C=O) groups excluding carboxylic acids is 2. The summed E-state index contributed by atoms with van der Waals surface area (Å²) in [7, 11) is 0. The van der Waals surface area contributed by atoms with Gasteiger partial charge in [-0.3, -0.25) is 4.79 Å². The van der Waals surface area contributed by atoms with Crippen LogP contribution >= 0.6 is 11.6 Å². The van der Waals surface area contributed by atoms with E-state index in [2.05, 4.69) is 0 Å². The smallest absolute Gasteiger partial charge is 0.334 e. The molecule has 32 heavy (non-hydrogen) atoms. The molecule has 1 unspecified atom stereocenters. The molecule has 0 fully saturated rings. The normalized spacial score (nSPS) is 14.6. The second-order valence-corrected chi connectivity index (χ2v) is 7.61. The fraction of sp³-hybridized carbons (Fsp3) is 0.154. The molecule has 1 heterocycles. The Labute approximate surface area is 191 Å². The minimum atomic E-state index is -0.947. The van der Waals surface area contributed by atoms with Crippen LogP contribution in [0.15, 0.2) is 72.5 Å². The number of para-hydroxylation sites is 1. The maximum Gasteiger partial charge on any atom is 0.334 e. The lowest BCUT2D eigenvalue weighted by atomic mass is 10.1. The summed E-state index contributed by atoms with van der Waals surface area (Å²) in [6, 6.07) is 19.5. The van der Waals surface area contributed by atoms with Gasteiger partial charge in [0.2, 0.25) is 5.78 Å². The SMILES string of the molecule is CCOc1ccccc1/C=C1\Oc2c(ccc(OC(=O)C(Cl)c3ccccc3)c2C)C1=O. The van der Waals surface area contributed by atoms with Gasteiger partial charge < -0.3 is 14.2 Å². The van der Waals surface area contributed by atoms with E-state index in [1.807, 2.05) is 37.3 Å². The Kier molecular flexibility index (Phi) is 6.28. The van der Waals surface area contributed by atoms with Crippen molar-refractivity contribution in [2.45, 2.75) is 19.2 Å². The highest BCUT2D eigenvalue weighted by Gasteiger charge is 2.31. The third kappa shape index (κ3) is 4.25. The summed E-state index contributed by atoms with van der Waals surface area (Å²) in [4.78, 5) is 25.4. The van der Waals surface area contributed by atoms with Crippen LogP contribution in [0.1, 0.15) is 39.3 Å². The topological polar surface area (TPSA) is 61.8 Å². The van der Waals surface area contributed by atoms with Gasteiger partial charge in [0, 0.05) is 11.1 Å². The maximum atomic E-state index is 12.9. The molecule has 0 bridgehead atoms. The molecule has 0 N–H and O–H groups in total. The molecule has 1 atom stereocenters. The van der Waals surface area contributed by atoms with E-state index < -0.39 is 11.3 Å². The van der Waals surface area contributed by atoms with Gasteiger partial charge in [-0.05, 0) is 43.7 Å². The molecule has 0 aliphatic carbocycles. The molecule has 0 saturated carbocycles. The molecule has 3 aromatic rings. The highest BCUT2D eigenvalue weighted by Crippen LogP contribution is 2.40. The van der Waals surface area contributed by atoms with Gasteiger partial charge in [0.05, 0.1) is 12.2 Å². The second-order valence-electron chi connectivity index (χ2n) is 7.17. The molecule has 3 aromatic carbocycles. The monoisotopic (exact) mass is 448 g/mol. The molecule has 0 spiro atoms. The number of ether oxygens (including phenoxy) is 3. The van der Waals surface area contributed by atoms with E-state index in [0.29, 0.717) is 40.5 Å². The summed E-state index contributed by atoms with van der Waals surface area (Å²) in [6.45, 7) is 4.14. The summed E-state index contributed by atoms with van der Waals surface area (Å²) in [5.41, 5.74) is 2.33. The van der Waals surface area contributed by atoms with Crippen molar-refractivity contribution in [1.29, 1.82) is 0 Å². The van der Waals surface area contributed by atoms with E-state index in [4.69, 9.17) is 25.8 Å². The Morgan fingerprint density at radius 1 is 1.03 bits per heavy atom. The summed E-state index contributed by atoms with van der Waals surface area (Å²) in [5.74, 6) is 0.650. The van der Waals surface area contributed by atoms with E-state index in [9.17, 15) is 9.59 Å². The van der Waals surface area contributed by atoms with Crippen LogP contribution in [0.3, 0.4) is 0 Å². The highest BCUT2D eigenvalue weighted by molar-refractivity contribution is 6.30. The van der Waals surface area contributed by atoms with Gasteiger partial charge in [-0.15, -0.1) is 11.6 Å². The van der Waals surface area contributed by atoms with Crippen LogP contribution in [0, 0.1) is 6.92 Å². The van der Waals surface area contributed by atoms with Crippen molar-refractivity contribution in [2.75, 3.05) is 6.61 Å². The quantitative estimate of drug-likeness (QED) is 0.203. The number of alkyl halides is 1. The molecule has 162 valence electrons. The van der Waals surface area contributed by atoms with Crippen molar-refractivity contribution in [3.63, 3.8) is 0 Å². The molecule has 1 aliphatic heterocycles. The molecule has 0 aromatic heterocycles. The zero-order chi connectivity index (χ0) is 22.7. The van der Waals surface area contributed by atoms with Gasteiger partial charge in [-0.1, -0.05) is 48.5 Å². The third-order valence-corrected chi connectivity index (χ3v) is 5.48. The first-order valence-corrected chi connectivity index (χ1v) is 10.6. The number of carbonyl (C=O) groups is 2. The van der Waals surface area contributed by atoms with Crippen LogP contribution < -0.4 is 14.2 Å². The average Bonchev–Trinajstić information content (AvgIpc) is 3.13. The van der Waals surface area contributed by atoms with Gasteiger partial charge in [-0.25, -0.2) is 4.79 Å². The molecular weight excluding hydrogens is 428 g/mol. The predicted molar refractivity (Wildman–Crippen MR) is 122 cm³/mol. The number of Topliss-reactive ketones (excluding diaryl/α,β-unsaturated/α-hetero) is 1. The zero-order valence-electron chi connectivity index (χ0n) is 17.6. The van der Waals surface area contributed by atoms with Gasteiger partial charge in [0.15, 0.2) is 11.1 Å². The van der Waals surface area contributed by atoms with Crippen LogP contribution in [-0.4, -0.2) is 18.4 Å². The van der Waals surface area contributed by atoms with E-state index in [-0.39, 0.29) is 11.5 Å². The van der Waals surface area contributed by atoms with Gasteiger partial charge in [0.1, 0.15) is 17.2 Å². The standard InChI is InChI=1S/C26H21ClO5/c1-3-30-21-12-8-7-11-18(21)15-22-24(28)19-13-14-20(16(2)25(19)31-22)32-26(29)23(27)17-9-5-4-6-10-17/h4-15,23H,3H2,1-2H3/b22-15-. The van der Waals surface area contributed by atoms with E-state index in [1.54, 1.807) is 49.4 Å².